The van der Waals surface area contributed by atoms with Crippen LogP contribution in [-0.4, -0.2) is 14.3 Å². The molecule has 1 aliphatic rings. The van der Waals surface area contributed by atoms with Crippen LogP contribution in [0.15, 0.2) is 41.3 Å². The molecule has 2 aromatic rings. The summed E-state index contributed by atoms with van der Waals surface area (Å²) in [6.07, 6.45) is 0.209. The monoisotopic (exact) mass is 344 g/mol. The molecular weight excluding hydrogens is 324 g/mol. The van der Waals surface area contributed by atoms with Crippen molar-refractivity contribution in [1.29, 1.82) is 0 Å². The van der Waals surface area contributed by atoms with Crippen LogP contribution >= 0.6 is 0 Å². The molecule has 0 spiro atoms. The zero-order valence-corrected chi connectivity index (χ0v) is 14.7. The van der Waals surface area contributed by atoms with Crippen molar-refractivity contribution in [3.8, 4) is 0 Å². The Hall–Kier alpha value is -2.34. The Kier molecular flexibility index (Phi) is 4.09. The van der Waals surface area contributed by atoms with Crippen molar-refractivity contribution in [2.75, 3.05) is 10.0 Å². The van der Waals surface area contributed by atoms with Gasteiger partial charge in [-0.2, -0.15) is 0 Å². The summed E-state index contributed by atoms with van der Waals surface area (Å²) in [5.41, 5.74) is 3.89. The number of hydrogen-bond acceptors (Lipinski definition) is 3. The zero-order valence-electron chi connectivity index (χ0n) is 13.9. The fourth-order valence-corrected chi connectivity index (χ4v) is 3.86. The molecule has 24 heavy (non-hydrogen) atoms. The lowest BCUT2D eigenvalue weighted by Gasteiger charge is -2.14. The average molecular weight is 344 g/mol. The summed E-state index contributed by atoms with van der Waals surface area (Å²) in [4.78, 5) is 11.6. The summed E-state index contributed by atoms with van der Waals surface area (Å²) >= 11 is 0. The molecule has 0 saturated carbocycles. The molecule has 0 bridgehead atoms. The van der Waals surface area contributed by atoms with E-state index in [4.69, 9.17) is 0 Å². The first-order chi connectivity index (χ1) is 11.3. The lowest BCUT2D eigenvalue weighted by molar-refractivity contribution is -0.115. The number of hydrogen-bond donors (Lipinski definition) is 2. The molecule has 1 amide bonds. The minimum absolute atomic E-state index is 0.118. The maximum atomic E-state index is 12.7. The molecule has 0 radical (unpaired) electrons. The standard InChI is InChI=1S/C18H20N2O3S/c1-11(2)13-5-4-12(3)17(9-13)20-24(22,23)15-6-7-16-14(8-15)10-18(21)19-16/h4-9,11,20H,10H2,1-3H3,(H,19,21). The second kappa shape index (κ2) is 5.94. The van der Waals surface area contributed by atoms with Crippen LogP contribution in [0.1, 0.15) is 36.5 Å². The van der Waals surface area contributed by atoms with Crippen LogP contribution in [0.2, 0.25) is 0 Å². The van der Waals surface area contributed by atoms with Crippen molar-refractivity contribution in [3.63, 3.8) is 0 Å². The fraction of sp³-hybridized carbons (Fsp3) is 0.278. The van der Waals surface area contributed by atoms with Crippen molar-refractivity contribution in [2.45, 2.75) is 38.0 Å². The Morgan fingerprint density at radius 3 is 2.58 bits per heavy atom. The Balaban J connectivity index is 1.94. The van der Waals surface area contributed by atoms with Gasteiger partial charge in [0.2, 0.25) is 5.91 Å². The molecule has 2 aromatic carbocycles. The number of benzene rings is 2. The molecule has 1 heterocycles. The van der Waals surface area contributed by atoms with Gasteiger partial charge in [0, 0.05) is 5.69 Å². The van der Waals surface area contributed by atoms with Crippen LogP contribution in [0.5, 0.6) is 0 Å². The smallest absolute Gasteiger partial charge is 0.261 e. The first-order valence-corrected chi connectivity index (χ1v) is 9.31. The SMILES string of the molecule is Cc1ccc(C(C)C)cc1NS(=O)(=O)c1ccc2c(c1)CC(=O)N2. The molecule has 1 aliphatic heterocycles. The van der Waals surface area contributed by atoms with Gasteiger partial charge in [-0.15, -0.1) is 0 Å². The molecule has 0 saturated heterocycles. The number of fused-ring (bicyclic) bond motifs is 1. The van der Waals surface area contributed by atoms with Crippen LogP contribution in [0.4, 0.5) is 11.4 Å². The van der Waals surface area contributed by atoms with Crippen LogP contribution in [0, 0.1) is 6.92 Å². The van der Waals surface area contributed by atoms with E-state index >= 15 is 0 Å². The largest absolute Gasteiger partial charge is 0.326 e. The van der Waals surface area contributed by atoms with Crippen molar-refractivity contribution in [2.24, 2.45) is 0 Å². The number of anilines is 2. The van der Waals surface area contributed by atoms with Gasteiger partial charge in [0.25, 0.3) is 10.0 Å². The lowest BCUT2D eigenvalue weighted by atomic mass is 10.0. The van der Waals surface area contributed by atoms with E-state index in [-0.39, 0.29) is 17.2 Å². The molecule has 5 nitrogen and oxygen atoms in total. The van der Waals surface area contributed by atoms with Gasteiger partial charge in [0.15, 0.2) is 0 Å². The van der Waals surface area contributed by atoms with E-state index in [9.17, 15) is 13.2 Å². The fourth-order valence-electron chi connectivity index (χ4n) is 2.69. The van der Waals surface area contributed by atoms with Gasteiger partial charge in [-0.05, 0) is 53.8 Å². The highest BCUT2D eigenvalue weighted by atomic mass is 32.2. The highest BCUT2D eigenvalue weighted by molar-refractivity contribution is 7.92. The molecule has 3 rings (SSSR count). The predicted molar refractivity (Wildman–Crippen MR) is 94.9 cm³/mol. The van der Waals surface area contributed by atoms with Gasteiger partial charge < -0.3 is 5.32 Å². The van der Waals surface area contributed by atoms with Gasteiger partial charge in [-0.25, -0.2) is 8.42 Å². The van der Waals surface area contributed by atoms with E-state index in [0.29, 0.717) is 22.9 Å². The van der Waals surface area contributed by atoms with Gasteiger partial charge in [-0.3, -0.25) is 9.52 Å². The van der Waals surface area contributed by atoms with E-state index in [1.165, 1.54) is 6.07 Å². The first kappa shape index (κ1) is 16.5. The predicted octanol–water partition coefficient (Wildman–Crippen LogP) is 3.41. The molecule has 0 atom stereocenters. The van der Waals surface area contributed by atoms with Crippen molar-refractivity contribution in [1.82, 2.24) is 0 Å². The van der Waals surface area contributed by atoms with E-state index in [2.05, 4.69) is 23.9 Å². The van der Waals surface area contributed by atoms with Crippen molar-refractivity contribution < 1.29 is 13.2 Å². The van der Waals surface area contributed by atoms with Gasteiger partial charge in [0.05, 0.1) is 17.0 Å². The second-order valence-corrected chi connectivity index (χ2v) is 8.06. The zero-order chi connectivity index (χ0) is 17.5. The third-order valence-corrected chi connectivity index (χ3v) is 5.55. The van der Waals surface area contributed by atoms with Crippen molar-refractivity contribution >= 4 is 27.3 Å². The highest BCUT2D eigenvalue weighted by Crippen LogP contribution is 2.28. The number of carbonyl (C=O) groups is 1. The maximum Gasteiger partial charge on any atom is 0.261 e. The van der Waals surface area contributed by atoms with E-state index < -0.39 is 10.0 Å². The van der Waals surface area contributed by atoms with Crippen LogP contribution in [0.3, 0.4) is 0 Å². The number of rotatable bonds is 4. The van der Waals surface area contributed by atoms with Crippen LogP contribution in [-0.2, 0) is 21.2 Å². The molecule has 126 valence electrons. The van der Waals surface area contributed by atoms with E-state index in [1.54, 1.807) is 12.1 Å². The van der Waals surface area contributed by atoms with E-state index in [0.717, 1.165) is 11.1 Å². The molecular formula is C18H20N2O3S. The summed E-state index contributed by atoms with van der Waals surface area (Å²) in [6.45, 7) is 5.99. The number of amides is 1. The first-order valence-electron chi connectivity index (χ1n) is 7.82. The van der Waals surface area contributed by atoms with Gasteiger partial charge in [-0.1, -0.05) is 26.0 Å². The number of aryl methyl sites for hydroxylation is 1. The molecule has 2 N–H and O–H groups in total. The van der Waals surface area contributed by atoms with Crippen molar-refractivity contribution in [3.05, 3.63) is 53.1 Å². The summed E-state index contributed by atoms with van der Waals surface area (Å²) in [5.74, 6) is 0.193. The second-order valence-electron chi connectivity index (χ2n) is 6.38. The average Bonchev–Trinajstić information content (AvgIpc) is 2.88. The van der Waals surface area contributed by atoms with Crippen LogP contribution in [0.25, 0.3) is 0 Å². The molecule has 6 heteroatoms. The minimum atomic E-state index is -3.71. The summed E-state index contributed by atoms with van der Waals surface area (Å²) in [7, 11) is -3.71. The number of carbonyl (C=O) groups excluding carboxylic acids is 1. The highest BCUT2D eigenvalue weighted by Gasteiger charge is 2.22. The van der Waals surface area contributed by atoms with Gasteiger partial charge in [0.1, 0.15) is 0 Å². The third kappa shape index (κ3) is 3.14. The molecule has 0 aliphatic carbocycles. The summed E-state index contributed by atoms with van der Waals surface area (Å²) < 4.78 is 28.1. The molecule has 0 unspecified atom stereocenters. The van der Waals surface area contributed by atoms with Gasteiger partial charge >= 0.3 is 0 Å². The third-order valence-electron chi connectivity index (χ3n) is 4.18. The number of nitrogens with one attached hydrogen (secondary N) is 2. The Morgan fingerprint density at radius 2 is 1.88 bits per heavy atom. The summed E-state index contributed by atoms with van der Waals surface area (Å²) in [6, 6.07) is 10.5. The van der Waals surface area contributed by atoms with E-state index in [1.807, 2.05) is 25.1 Å². The number of sulfonamides is 1. The minimum Gasteiger partial charge on any atom is -0.326 e. The lowest BCUT2D eigenvalue weighted by Crippen LogP contribution is -2.14. The maximum absolute atomic E-state index is 12.7. The van der Waals surface area contributed by atoms with Crippen LogP contribution < -0.4 is 10.0 Å². The molecule has 0 fully saturated rings. The normalized spacial score (nSPS) is 13.8. The Morgan fingerprint density at radius 1 is 1.12 bits per heavy atom. The Labute approximate surface area is 142 Å². The Bertz CT molecular complexity index is 918. The molecule has 0 aromatic heterocycles. The topological polar surface area (TPSA) is 75.3 Å². The summed E-state index contributed by atoms with van der Waals surface area (Å²) in [5, 5.41) is 2.70. The quantitative estimate of drug-likeness (QED) is 0.892.